The molecular weight excluding hydrogens is 416 g/mol. The molecule has 6 aliphatic rings. The molecule has 1 atom stereocenters. The Balaban J connectivity index is 1.08. The fourth-order valence-corrected chi connectivity index (χ4v) is 7.88. The van der Waals surface area contributed by atoms with Crippen molar-refractivity contribution < 1.29 is 9.90 Å². The van der Waals surface area contributed by atoms with E-state index < -0.39 is 0 Å². The number of nitrogens with one attached hydrogen (secondary N) is 2. The van der Waals surface area contributed by atoms with E-state index in [4.69, 9.17) is 0 Å². The minimum absolute atomic E-state index is 0.113. The summed E-state index contributed by atoms with van der Waals surface area (Å²) >= 11 is 0. The maximum absolute atomic E-state index is 12.9. The summed E-state index contributed by atoms with van der Waals surface area (Å²) in [4.78, 5) is 26.1. The zero-order chi connectivity index (χ0) is 22.4. The van der Waals surface area contributed by atoms with Gasteiger partial charge in [-0.05, 0) is 68.1 Å². The number of aliphatic hydroxyl groups excluding tert-OH is 1. The molecule has 5 fully saturated rings. The van der Waals surface area contributed by atoms with Crippen molar-refractivity contribution in [1.82, 2.24) is 25.1 Å². The molecule has 33 heavy (non-hydrogen) atoms. The molecule has 0 spiro atoms. The number of carbonyl (C=O) groups is 1. The Morgan fingerprint density at radius 3 is 2.52 bits per heavy atom. The monoisotopic (exact) mass is 454 g/mol. The number of piperazine rings is 1. The summed E-state index contributed by atoms with van der Waals surface area (Å²) in [6.45, 7) is 6.07. The van der Waals surface area contributed by atoms with Crippen LogP contribution in [-0.4, -0.2) is 82.7 Å². The topological polar surface area (TPSA) is 93.6 Å². The second-order valence-electron chi connectivity index (χ2n) is 11.4. The highest BCUT2D eigenvalue weighted by Crippen LogP contribution is 2.61. The second kappa shape index (κ2) is 8.78. The number of aromatic nitrogens is 2. The number of fused-ring (bicyclic) bond motifs is 1. The molecule has 0 radical (unpaired) electrons. The zero-order valence-corrected chi connectivity index (χ0v) is 19.6. The number of hydrogen-bond acceptors (Lipinski definition) is 7. The van der Waals surface area contributed by atoms with Gasteiger partial charge in [0.2, 0.25) is 5.91 Å². The first-order chi connectivity index (χ1) is 16.1. The molecule has 3 N–H and O–H groups in total. The Morgan fingerprint density at radius 1 is 1.12 bits per heavy atom. The smallest absolute Gasteiger partial charge is 0.237 e. The van der Waals surface area contributed by atoms with Gasteiger partial charge in [-0.3, -0.25) is 9.69 Å². The molecule has 3 heterocycles. The summed E-state index contributed by atoms with van der Waals surface area (Å²) in [5, 5.41) is 18.1. The normalized spacial score (nSPS) is 34.2. The van der Waals surface area contributed by atoms with Crippen molar-refractivity contribution in [2.75, 3.05) is 51.1 Å². The SMILES string of the molecule is O=C(CN1CCNCC1)N1CCc2c(ncnc2NCC(O)C23CC4CC(CC(C4)C2)C3)C1. The minimum atomic E-state index is -0.322. The van der Waals surface area contributed by atoms with Gasteiger partial charge in [-0.15, -0.1) is 0 Å². The van der Waals surface area contributed by atoms with Crippen molar-refractivity contribution >= 4 is 11.7 Å². The van der Waals surface area contributed by atoms with Crippen molar-refractivity contribution in [2.24, 2.45) is 23.2 Å². The van der Waals surface area contributed by atoms with Crippen molar-refractivity contribution in [3.63, 3.8) is 0 Å². The van der Waals surface area contributed by atoms with Gasteiger partial charge in [0, 0.05) is 44.8 Å². The number of aliphatic hydroxyl groups is 1. The maximum Gasteiger partial charge on any atom is 0.237 e. The van der Waals surface area contributed by atoms with Gasteiger partial charge in [-0.1, -0.05) is 0 Å². The van der Waals surface area contributed by atoms with Crippen LogP contribution in [0.25, 0.3) is 0 Å². The van der Waals surface area contributed by atoms with Crippen molar-refractivity contribution in [1.29, 1.82) is 0 Å². The van der Waals surface area contributed by atoms with Gasteiger partial charge < -0.3 is 20.6 Å². The predicted molar refractivity (Wildman–Crippen MR) is 126 cm³/mol. The Bertz CT molecular complexity index is 850. The summed E-state index contributed by atoms with van der Waals surface area (Å²) in [5.74, 6) is 3.54. The van der Waals surface area contributed by atoms with Gasteiger partial charge in [0.15, 0.2) is 0 Å². The van der Waals surface area contributed by atoms with Crippen LogP contribution in [0.15, 0.2) is 6.33 Å². The highest BCUT2D eigenvalue weighted by atomic mass is 16.3. The molecule has 4 saturated carbocycles. The van der Waals surface area contributed by atoms with E-state index in [1.807, 2.05) is 4.90 Å². The predicted octanol–water partition coefficient (Wildman–Crippen LogP) is 1.26. The lowest BCUT2D eigenvalue weighted by Gasteiger charge is -2.58. The molecule has 7 rings (SSSR count). The summed E-state index contributed by atoms with van der Waals surface area (Å²) < 4.78 is 0. The molecular formula is C25H38N6O2. The van der Waals surface area contributed by atoms with Crippen LogP contribution in [0.2, 0.25) is 0 Å². The highest BCUT2D eigenvalue weighted by Gasteiger charge is 2.53. The number of amides is 1. The number of anilines is 1. The fourth-order valence-electron chi connectivity index (χ4n) is 7.88. The molecule has 2 aliphatic heterocycles. The van der Waals surface area contributed by atoms with Crippen LogP contribution >= 0.6 is 0 Å². The quantitative estimate of drug-likeness (QED) is 0.596. The van der Waals surface area contributed by atoms with E-state index in [9.17, 15) is 9.90 Å². The largest absolute Gasteiger partial charge is 0.391 e. The van der Waals surface area contributed by atoms with Gasteiger partial charge in [0.1, 0.15) is 12.1 Å². The standard InChI is InChI=1S/C25H38N6O2/c32-22(25-10-17-7-18(11-25)9-19(8-17)12-25)13-27-24-20-1-4-31(14-21(20)28-16-29-24)23(33)15-30-5-2-26-3-6-30/h16-19,22,26,32H,1-15H2,(H,27,28,29). The van der Waals surface area contributed by atoms with Crippen LogP contribution in [0, 0.1) is 23.2 Å². The van der Waals surface area contributed by atoms with E-state index in [0.29, 0.717) is 26.2 Å². The van der Waals surface area contributed by atoms with Crippen molar-refractivity contribution in [2.45, 2.75) is 57.6 Å². The fraction of sp³-hybridized carbons (Fsp3) is 0.800. The number of hydrogen-bond donors (Lipinski definition) is 3. The molecule has 1 saturated heterocycles. The first-order valence-electron chi connectivity index (χ1n) is 13.0. The van der Waals surface area contributed by atoms with Crippen LogP contribution in [0.5, 0.6) is 0 Å². The first kappa shape index (κ1) is 21.7. The maximum atomic E-state index is 12.9. The van der Waals surface area contributed by atoms with Crippen LogP contribution in [-0.2, 0) is 17.8 Å². The third-order valence-electron chi connectivity index (χ3n) is 9.18. The first-order valence-corrected chi connectivity index (χ1v) is 13.0. The molecule has 1 amide bonds. The van der Waals surface area contributed by atoms with Crippen LogP contribution in [0.1, 0.15) is 49.8 Å². The average Bonchev–Trinajstić information content (AvgIpc) is 2.82. The Labute approximate surface area is 196 Å². The van der Waals surface area contributed by atoms with Crippen LogP contribution in [0.4, 0.5) is 5.82 Å². The average molecular weight is 455 g/mol. The van der Waals surface area contributed by atoms with Gasteiger partial charge in [-0.25, -0.2) is 9.97 Å². The lowest BCUT2D eigenvalue weighted by molar-refractivity contribution is -0.133. The molecule has 4 aliphatic carbocycles. The lowest BCUT2D eigenvalue weighted by atomic mass is 9.48. The third kappa shape index (κ3) is 4.26. The highest BCUT2D eigenvalue weighted by molar-refractivity contribution is 5.78. The van der Waals surface area contributed by atoms with Crippen molar-refractivity contribution in [3.8, 4) is 0 Å². The van der Waals surface area contributed by atoms with Crippen LogP contribution in [0.3, 0.4) is 0 Å². The molecule has 0 aromatic carbocycles. The van der Waals surface area contributed by atoms with E-state index in [0.717, 1.165) is 67.4 Å². The summed E-state index contributed by atoms with van der Waals surface area (Å²) in [7, 11) is 0. The molecule has 1 aromatic heterocycles. The molecule has 4 bridgehead atoms. The van der Waals surface area contributed by atoms with E-state index in [1.54, 1.807) is 6.33 Å². The Hall–Kier alpha value is -1.77. The van der Waals surface area contributed by atoms with Crippen LogP contribution < -0.4 is 10.6 Å². The number of rotatable bonds is 6. The van der Waals surface area contributed by atoms with Gasteiger partial charge >= 0.3 is 0 Å². The Morgan fingerprint density at radius 2 is 1.82 bits per heavy atom. The van der Waals surface area contributed by atoms with Gasteiger partial charge in [0.05, 0.1) is 24.9 Å². The van der Waals surface area contributed by atoms with Gasteiger partial charge in [-0.2, -0.15) is 0 Å². The third-order valence-corrected chi connectivity index (χ3v) is 9.18. The minimum Gasteiger partial charge on any atom is -0.391 e. The number of nitrogens with zero attached hydrogens (tertiary/aromatic N) is 4. The second-order valence-corrected chi connectivity index (χ2v) is 11.4. The van der Waals surface area contributed by atoms with Gasteiger partial charge in [0.25, 0.3) is 0 Å². The van der Waals surface area contributed by atoms with E-state index >= 15 is 0 Å². The van der Waals surface area contributed by atoms with E-state index in [1.165, 1.54) is 38.5 Å². The van der Waals surface area contributed by atoms with E-state index in [-0.39, 0.29) is 17.4 Å². The molecule has 1 aromatic rings. The molecule has 180 valence electrons. The number of carbonyl (C=O) groups excluding carboxylic acids is 1. The zero-order valence-electron chi connectivity index (χ0n) is 19.6. The summed E-state index contributed by atoms with van der Waals surface area (Å²) in [6, 6.07) is 0. The van der Waals surface area contributed by atoms with Crippen molar-refractivity contribution in [3.05, 3.63) is 17.6 Å². The molecule has 1 unspecified atom stereocenters. The summed E-state index contributed by atoms with van der Waals surface area (Å²) in [5.41, 5.74) is 2.17. The Kier molecular flexibility index (Phi) is 5.79. The molecule has 8 nitrogen and oxygen atoms in total. The summed E-state index contributed by atoms with van der Waals surface area (Å²) in [6.07, 6.45) is 9.82. The molecule has 8 heteroatoms. The van der Waals surface area contributed by atoms with E-state index in [2.05, 4.69) is 25.5 Å². The lowest BCUT2D eigenvalue weighted by Crippen LogP contribution is -2.53.